The van der Waals surface area contributed by atoms with Crippen molar-refractivity contribution in [3.05, 3.63) is 51.3 Å². The second kappa shape index (κ2) is 6.77. The van der Waals surface area contributed by atoms with Crippen molar-refractivity contribution in [2.24, 2.45) is 5.41 Å². The van der Waals surface area contributed by atoms with Gasteiger partial charge < -0.3 is 0 Å². The Labute approximate surface area is 231 Å². The van der Waals surface area contributed by atoms with Gasteiger partial charge in [-0.3, -0.25) is 0 Å². The van der Waals surface area contributed by atoms with Gasteiger partial charge in [-0.05, 0) is 18.4 Å². The first-order chi connectivity index (χ1) is 13.7. The molecule has 30 heavy (non-hydrogen) atoms. The van der Waals surface area contributed by atoms with E-state index < -0.39 is 19.5 Å². The Kier molecular flexibility index (Phi) is 5.34. The van der Waals surface area contributed by atoms with Crippen LogP contribution in [0, 0.1) is 5.41 Å². The van der Waals surface area contributed by atoms with Crippen molar-refractivity contribution < 1.29 is 0 Å². The van der Waals surface area contributed by atoms with Crippen molar-refractivity contribution in [3.8, 4) is 11.1 Å². The first-order valence-corrected chi connectivity index (χ1v) is 12.7. The fourth-order valence-corrected chi connectivity index (χ4v) is 8.63. The van der Waals surface area contributed by atoms with Crippen LogP contribution < -0.4 is 0 Å². The summed E-state index contributed by atoms with van der Waals surface area (Å²) >= 11 is 79.5. The third-order valence-electron chi connectivity index (χ3n) is 6.45. The van der Waals surface area contributed by atoms with Crippen molar-refractivity contribution >= 4 is 139 Å². The number of hydrogen-bond donors (Lipinski definition) is 0. The Morgan fingerprint density at radius 3 is 1.30 bits per heavy atom. The summed E-state index contributed by atoms with van der Waals surface area (Å²) in [6.07, 6.45) is 1.11. The van der Waals surface area contributed by atoms with Gasteiger partial charge in [-0.2, -0.15) is 0 Å². The van der Waals surface area contributed by atoms with Gasteiger partial charge in [0, 0.05) is 27.5 Å². The fourth-order valence-electron chi connectivity index (χ4n) is 4.76. The van der Waals surface area contributed by atoms with Crippen molar-refractivity contribution in [2.45, 2.75) is 26.9 Å². The molecule has 0 unspecified atom stereocenters. The molecule has 0 nitrogen and oxygen atoms in total. The zero-order valence-electron chi connectivity index (χ0n) is 13.9. The van der Waals surface area contributed by atoms with Crippen LogP contribution in [0.25, 0.3) is 11.1 Å². The van der Waals surface area contributed by atoms with E-state index >= 15 is 0 Å². The summed E-state index contributed by atoms with van der Waals surface area (Å²) in [6.45, 7) is 0. The molecule has 2 fully saturated rings. The van der Waals surface area contributed by atoms with E-state index in [2.05, 4.69) is 0 Å². The molecule has 3 aliphatic rings. The topological polar surface area (TPSA) is 0 Å². The molecule has 3 aliphatic carbocycles. The number of fused-ring (bicyclic) bond motifs is 3. The third-order valence-corrected chi connectivity index (χ3v) is 12.7. The summed E-state index contributed by atoms with van der Waals surface area (Å²) in [5.74, 6) is 0. The van der Waals surface area contributed by atoms with Crippen molar-refractivity contribution in [1.82, 2.24) is 0 Å². The fraction of sp³-hybridized carbons (Fsp3) is 0.333. The Hall–Kier alpha value is 1.92. The van der Waals surface area contributed by atoms with Crippen LogP contribution in [0.1, 0.15) is 24.0 Å². The van der Waals surface area contributed by atoms with Crippen LogP contribution >= 0.6 is 139 Å². The molecule has 2 aromatic rings. The van der Waals surface area contributed by atoms with E-state index in [4.69, 9.17) is 139 Å². The highest BCUT2D eigenvalue weighted by Crippen LogP contribution is 2.95. The lowest BCUT2D eigenvalue weighted by Gasteiger charge is -2.39. The van der Waals surface area contributed by atoms with E-state index in [1.54, 1.807) is 0 Å². The molecule has 0 aliphatic heterocycles. The summed E-state index contributed by atoms with van der Waals surface area (Å²) in [7, 11) is 0. The van der Waals surface area contributed by atoms with Gasteiger partial charge in [0.05, 0.1) is 40.2 Å². The van der Waals surface area contributed by atoms with Gasteiger partial charge in [-0.1, -0.05) is 139 Å². The normalized spacial score (nSPS) is 29.2. The molecule has 0 amide bonds. The SMILES string of the molecule is Clc1c(Cl)c(Cl)c2c(c1Cl)-c1c(Cl)c(Cl)c(Cl)c(Cl)c1C13CC1(C3)C(Cl)(Cl)C2(Cl)Cl. The van der Waals surface area contributed by atoms with Crippen molar-refractivity contribution in [2.75, 3.05) is 0 Å². The molecule has 0 N–H and O–H groups in total. The minimum Gasteiger partial charge on any atom is -0.0972 e. The monoisotopic (exact) mass is 640 g/mol. The first-order valence-electron chi connectivity index (χ1n) is 8.18. The van der Waals surface area contributed by atoms with Crippen molar-refractivity contribution in [1.29, 1.82) is 0 Å². The minimum absolute atomic E-state index is 0.00122. The molecule has 0 radical (unpaired) electrons. The minimum atomic E-state index is -1.93. The predicted octanol–water partition coefficient (Wildman–Crippen LogP) is 11.4. The van der Waals surface area contributed by atoms with Crippen LogP contribution in [0.3, 0.4) is 0 Å². The van der Waals surface area contributed by atoms with E-state index in [0.717, 1.165) is 0 Å². The maximum atomic E-state index is 6.87. The third kappa shape index (κ3) is 2.46. The molecule has 0 bridgehead atoms. The second-order valence-corrected chi connectivity index (χ2v) is 13.4. The van der Waals surface area contributed by atoms with E-state index in [9.17, 15) is 0 Å². The maximum absolute atomic E-state index is 6.87. The Morgan fingerprint density at radius 1 is 0.467 bits per heavy atom. The molecule has 12 heteroatoms. The number of hydrogen-bond acceptors (Lipinski definition) is 0. The highest BCUT2D eigenvalue weighted by Gasteiger charge is 2.93. The largest absolute Gasteiger partial charge is 0.178 e. The van der Waals surface area contributed by atoms with Gasteiger partial charge in [-0.15, -0.1) is 0 Å². The molecule has 0 heterocycles. The van der Waals surface area contributed by atoms with Gasteiger partial charge >= 0.3 is 0 Å². The second-order valence-electron chi connectivity index (χ2n) is 7.68. The van der Waals surface area contributed by atoms with Crippen LogP contribution in [0.4, 0.5) is 0 Å². The van der Waals surface area contributed by atoms with Gasteiger partial charge in [0.15, 0.2) is 8.67 Å². The smallest absolute Gasteiger partial charge is 0.0972 e. The lowest BCUT2D eigenvalue weighted by molar-refractivity contribution is 0.507. The van der Waals surface area contributed by atoms with Gasteiger partial charge in [0.2, 0.25) is 0 Å². The molecule has 160 valence electrons. The van der Waals surface area contributed by atoms with Crippen molar-refractivity contribution in [3.63, 3.8) is 0 Å². The molecule has 5 rings (SSSR count). The molecular formula is C18H4Cl12. The highest BCUT2D eigenvalue weighted by molar-refractivity contribution is 6.65. The van der Waals surface area contributed by atoms with Crippen LogP contribution in [-0.4, -0.2) is 4.33 Å². The van der Waals surface area contributed by atoms with Crippen LogP contribution in [0.5, 0.6) is 0 Å². The van der Waals surface area contributed by atoms with Gasteiger partial charge in [0.1, 0.15) is 0 Å². The quantitative estimate of drug-likeness (QED) is 0.152. The maximum Gasteiger partial charge on any atom is 0.178 e. The Morgan fingerprint density at radius 2 is 0.833 bits per heavy atom. The van der Waals surface area contributed by atoms with Gasteiger partial charge in [0.25, 0.3) is 0 Å². The summed E-state index contributed by atoms with van der Waals surface area (Å²) < 4.78 is -3.61. The van der Waals surface area contributed by atoms with E-state index in [1.165, 1.54) is 0 Å². The van der Waals surface area contributed by atoms with E-state index in [0.29, 0.717) is 24.0 Å². The summed E-state index contributed by atoms with van der Waals surface area (Å²) in [5.41, 5.74) is 0.0342. The molecule has 2 aromatic carbocycles. The summed E-state index contributed by atoms with van der Waals surface area (Å²) in [5, 5.41) is 0.300. The zero-order valence-corrected chi connectivity index (χ0v) is 23.0. The lowest BCUT2D eigenvalue weighted by atomic mass is 9.86. The number of halogens is 12. The van der Waals surface area contributed by atoms with Gasteiger partial charge in [-0.25, -0.2) is 0 Å². The summed E-state index contributed by atoms with van der Waals surface area (Å²) in [6, 6.07) is 0. The Bertz CT molecular complexity index is 1190. The molecule has 0 atom stereocenters. The molecule has 0 spiro atoms. The lowest BCUT2D eigenvalue weighted by Crippen LogP contribution is -2.40. The number of rotatable bonds is 0. The number of benzene rings is 2. The Balaban J connectivity index is 2.08. The van der Waals surface area contributed by atoms with E-state index in [1.807, 2.05) is 0 Å². The first kappa shape index (κ1) is 23.7. The number of alkyl halides is 4. The summed E-state index contributed by atoms with van der Waals surface area (Å²) in [4.78, 5) is 0. The molecule has 0 saturated heterocycles. The molecular weight excluding hydrogens is 642 g/mol. The predicted molar refractivity (Wildman–Crippen MR) is 133 cm³/mol. The average Bonchev–Trinajstić information content (AvgIpc) is 3.51. The molecule has 0 aromatic heterocycles. The molecule has 2 saturated carbocycles. The average molecular weight is 646 g/mol. The van der Waals surface area contributed by atoms with Crippen LogP contribution in [0.15, 0.2) is 0 Å². The zero-order chi connectivity index (χ0) is 22.3. The highest BCUT2D eigenvalue weighted by atomic mass is 35.5. The van der Waals surface area contributed by atoms with Crippen LogP contribution in [0.2, 0.25) is 40.2 Å². The van der Waals surface area contributed by atoms with Crippen LogP contribution in [-0.2, 0) is 9.75 Å². The standard InChI is InChI=1S/C18H4Cl12/c19-7-3-4-6(10(22)14(26)12(24)8(4)20)17(27,28)18(29,30)16-1-15(16,2-16)5(3)9(21)13(25)11(7)23/h1-2H2. The van der Waals surface area contributed by atoms with E-state index in [-0.39, 0.29) is 51.3 Å².